The van der Waals surface area contributed by atoms with Gasteiger partial charge in [0.2, 0.25) is 6.67 Å². The van der Waals surface area contributed by atoms with Gasteiger partial charge in [-0.25, -0.2) is 0 Å². The lowest BCUT2D eigenvalue weighted by molar-refractivity contribution is 0.279. The second-order valence-electron chi connectivity index (χ2n) is 7.66. The lowest BCUT2D eigenvalue weighted by atomic mass is 9.97. The molecule has 0 atom stereocenters. The van der Waals surface area contributed by atoms with E-state index in [-0.39, 0.29) is 12.1 Å². The fraction of sp³-hybridized carbons (Fsp3) is 0.0690. The third kappa shape index (κ3) is 4.10. The molecule has 1 heterocycles. The minimum Gasteiger partial charge on any atom is -0.335 e. The SMILES string of the molecule is [C]1N(C(c2ccccc2)c2ccccc2)C=CN1C(c1ccccc1)c1ccccc1. The van der Waals surface area contributed by atoms with E-state index in [1.165, 1.54) is 22.3 Å². The Hall–Kier alpha value is -3.78. The monoisotopic (exact) mass is 400 g/mol. The van der Waals surface area contributed by atoms with Crippen LogP contribution in [0.15, 0.2) is 134 Å². The van der Waals surface area contributed by atoms with Crippen LogP contribution in [0.2, 0.25) is 0 Å². The van der Waals surface area contributed by atoms with E-state index in [4.69, 9.17) is 0 Å². The first-order chi connectivity index (χ1) is 15.4. The molecule has 4 aromatic rings. The van der Waals surface area contributed by atoms with Gasteiger partial charge in [0, 0.05) is 12.4 Å². The highest BCUT2D eigenvalue weighted by Gasteiger charge is 2.30. The van der Waals surface area contributed by atoms with E-state index in [1.807, 2.05) is 0 Å². The molecule has 0 saturated heterocycles. The number of rotatable bonds is 6. The molecule has 2 radical (unpaired) electrons. The molecule has 150 valence electrons. The topological polar surface area (TPSA) is 6.48 Å². The molecule has 0 N–H and O–H groups in total. The second-order valence-corrected chi connectivity index (χ2v) is 7.66. The van der Waals surface area contributed by atoms with Gasteiger partial charge in [0.1, 0.15) is 0 Å². The Morgan fingerprint density at radius 2 is 0.645 bits per heavy atom. The van der Waals surface area contributed by atoms with Crippen molar-refractivity contribution in [1.29, 1.82) is 0 Å². The second kappa shape index (κ2) is 8.93. The number of hydrogen-bond donors (Lipinski definition) is 0. The maximum absolute atomic E-state index is 3.64. The summed E-state index contributed by atoms with van der Waals surface area (Å²) >= 11 is 0. The predicted molar refractivity (Wildman–Crippen MR) is 126 cm³/mol. The van der Waals surface area contributed by atoms with Gasteiger partial charge in [0.15, 0.2) is 0 Å². The highest BCUT2D eigenvalue weighted by Crippen LogP contribution is 2.38. The zero-order valence-electron chi connectivity index (χ0n) is 17.3. The predicted octanol–water partition coefficient (Wildman–Crippen LogP) is 6.65. The zero-order chi connectivity index (χ0) is 20.9. The summed E-state index contributed by atoms with van der Waals surface area (Å²) in [5.41, 5.74) is 4.96. The third-order valence-electron chi connectivity index (χ3n) is 5.64. The molecule has 0 aromatic heterocycles. The smallest absolute Gasteiger partial charge is 0.209 e. The van der Waals surface area contributed by atoms with Gasteiger partial charge >= 0.3 is 0 Å². The van der Waals surface area contributed by atoms with Crippen molar-refractivity contribution in [2.75, 3.05) is 0 Å². The minimum absolute atomic E-state index is 0.0656. The molecular weight excluding hydrogens is 376 g/mol. The van der Waals surface area contributed by atoms with Crippen LogP contribution >= 0.6 is 0 Å². The lowest BCUT2D eigenvalue weighted by Gasteiger charge is -2.32. The molecule has 2 heteroatoms. The Bertz CT molecular complexity index is 939. The van der Waals surface area contributed by atoms with Crippen LogP contribution < -0.4 is 0 Å². The molecule has 2 nitrogen and oxygen atoms in total. The average molecular weight is 401 g/mol. The summed E-state index contributed by atoms with van der Waals surface area (Å²) < 4.78 is 0. The third-order valence-corrected chi connectivity index (χ3v) is 5.64. The summed E-state index contributed by atoms with van der Waals surface area (Å²) in [5, 5.41) is 0. The van der Waals surface area contributed by atoms with Gasteiger partial charge in [-0.15, -0.1) is 0 Å². The number of nitrogens with zero attached hydrogens (tertiary/aromatic N) is 2. The largest absolute Gasteiger partial charge is 0.335 e. The Kier molecular flexibility index (Phi) is 5.53. The van der Waals surface area contributed by atoms with E-state index in [1.54, 1.807) is 0 Å². The van der Waals surface area contributed by atoms with Crippen molar-refractivity contribution in [3.8, 4) is 0 Å². The van der Waals surface area contributed by atoms with Gasteiger partial charge in [-0.2, -0.15) is 0 Å². The molecule has 0 spiro atoms. The maximum Gasteiger partial charge on any atom is 0.209 e. The first-order valence-corrected chi connectivity index (χ1v) is 10.6. The van der Waals surface area contributed by atoms with Crippen molar-refractivity contribution in [2.45, 2.75) is 12.1 Å². The van der Waals surface area contributed by atoms with E-state index in [2.05, 4.69) is 150 Å². The first kappa shape index (κ1) is 19.2. The molecule has 0 bridgehead atoms. The Morgan fingerprint density at radius 3 is 0.903 bits per heavy atom. The molecule has 0 saturated carbocycles. The molecule has 31 heavy (non-hydrogen) atoms. The summed E-state index contributed by atoms with van der Waals surface area (Å²) in [7, 11) is 0. The van der Waals surface area contributed by atoms with Crippen LogP contribution in [0.3, 0.4) is 0 Å². The van der Waals surface area contributed by atoms with Crippen molar-refractivity contribution in [2.24, 2.45) is 0 Å². The van der Waals surface area contributed by atoms with Gasteiger partial charge in [-0.05, 0) is 22.3 Å². The number of benzene rings is 4. The van der Waals surface area contributed by atoms with Crippen LogP contribution in [0.4, 0.5) is 0 Å². The van der Waals surface area contributed by atoms with Crippen molar-refractivity contribution in [3.63, 3.8) is 0 Å². The molecule has 0 amide bonds. The van der Waals surface area contributed by atoms with Crippen LogP contribution in [-0.4, -0.2) is 9.80 Å². The van der Waals surface area contributed by atoms with Crippen LogP contribution in [0.5, 0.6) is 0 Å². The standard InChI is InChI=1S/C29H24N2/c1-5-13-24(14-6-1)28(25-15-7-2-8-16-25)30-21-22-31(23-30)29(26-17-9-3-10-18-26)27-19-11-4-12-20-27/h1-22,28-29H. The molecule has 4 aromatic carbocycles. The average Bonchev–Trinajstić information content (AvgIpc) is 3.31. The molecule has 0 aliphatic carbocycles. The molecular formula is C29H24N2. The van der Waals surface area contributed by atoms with Crippen LogP contribution in [-0.2, 0) is 0 Å². The molecule has 1 aliphatic rings. The Morgan fingerprint density at radius 1 is 0.387 bits per heavy atom. The summed E-state index contributed by atoms with van der Waals surface area (Å²) in [6, 6.07) is 42.6. The van der Waals surface area contributed by atoms with Gasteiger partial charge in [-0.1, -0.05) is 121 Å². The van der Waals surface area contributed by atoms with E-state index in [9.17, 15) is 0 Å². The van der Waals surface area contributed by atoms with E-state index >= 15 is 0 Å². The van der Waals surface area contributed by atoms with E-state index in [0.29, 0.717) is 0 Å². The highest BCUT2D eigenvalue weighted by molar-refractivity contribution is 5.36. The summed E-state index contributed by atoms with van der Waals surface area (Å²) in [5.74, 6) is 0. The van der Waals surface area contributed by atoms with Crippen molar-refractivity contribution >= 4 is 0 Å². The molecule has 0 fully saturated rings. The summed E-state index contributed by atoms with van der Waals surface area (Å²) in [6.07, 6.45) is 4.26. The quantitative estimate of drug-likeness (QED) is 0.357. The first-order valence-electron chi connectivity index (χ1n) is 10.6. The fourth-order valence-electron chi connectivity index (χ4n) is 4.20. The Labute approximate surface area is 184 Å². The van der Waals surface area contributed by atoms with Crippen LogP contribution in [0.1, 0.15) is 34.3 Å². The minimum atomic E-state index is 0.0656. The zero-order valence-corrected chi connectivity index (χ0v) is 17.3. The van der Waals surface area contributed by atoms with Crippen molar-refractivity contribution in [3.05, 3.63) is 163 Å². The lowest BCUT2D eigenvalue weighted by Crippen LogP contribution is -2.27. The van der Waals surface area contributed by atoms with E-state index < -0.39 is 0 Å². The summed E-state index contributed by atoms with van der Waals surface area (Å²) in [6.45, 7) is 3.64. The van der Waals surface area contributed by atoms with Gasteiger partial charge in [-0.3, -0.25) is 0 Å². The summed E-state index contributed by atoms with van der Waals surface area (Å²) in [4.78, 5) is 4.37. The fourth-order valence-corrected chi connectivity index (χ4v) is 4.20. The maximum atomic E-state index is 3.64. The highest BCUT2D eigenvalue weighted by atomic mass is 15.4. The molecule has 1 aliphatic heterocycles. The molecule has 0 unspecified atom stereocenters. The van der Waals surface area contributed by atoms with Gasteiger partial charge in [0.05, 0.1) is 12.1 Å². The van der Waals surface area contributed by atoms with E-state index in [0.717, 1.165) is 0 Å². The van der Waals surface area contributed by atoms with Crippen LogP contribution in [0.25, 0.3) is 0 Å². The normalized spacial score (nSPS) is 13.4. The number of hydrogen-bond acceptors (Lipinski definition) is 2. The Balaban J connectivity index is 1.49. The van der Waals surface area contributed by atoms with Crippen molar-refractivity contribution in [1.82, 2.24) is 9.80 Å². The van der Waals surface area contributed by atoms with Crippen molar-refractivity contribution < 1.29 is 0 Å². The van der Waals surface area contributed by atoms with Crippen LogP contribution in [0, 0.1) is 6.67 Å². The molecule has 5 rings (SSSR count). The van der Waals surface area contributed by atoms with Gasteiger partial charge < -0.3 is 9.80 Å². The van der Waals surface area contributed by atoms with Gasteiger partial charge in [0.25, 0.3) is 0 Å².